The summed E-state index contributed by atoms with van der Waals surface area (Å²) in [6, 6.07) is 3.48. The van der Waals surface area contributed by atoms with E-state index in [1.165, 1.54) is 19.3 Å². The van der Waals surface area contributed by atoms with Gasteiger partial charge in [-0.2, -0.15) is 17.0 Å². The molecule has 1 N–H and O–H groups in total. The van der Waals surface area contributed by atoms with Gasteiger partial charge >= 0.3 is 0 Å². The van der Waals surface area contributed by atoms with Crippen molar-refractivity contribution < 1.29 is 0 Å². The molecular formula is C12H22N2S. The molecule has 0 aromatic rings. The predicted octanol–water partition coefficient (Wildman–Crippen LogP) is 2.80. The van der Waals surface area contributed by atoms with Crippen molar-refractivity contribution in [3.63, 3.8) is 0 Å². The van der Waals surface area contributed by atoms with Crippen LogP contribution in [0, 0.1) is 17.2 Å². The molecule has 3 heteroatoms. The van der Waals surface area contributed by atoms with Crippen LogP contribution < -0.4 is 5.32 Å². The van der Waals surface area contributed by atoms with Crippen LogP contribution >= 0.6 is 11.8 Å². The number of nitrogens with zero attached hydrogens (tertiary/aromatic N) is 1. The SMILES string of the molecule is CCC(CSC)NC1CCCCC1C#N. The molecule has 0 heterocycles. The topological polar surface area (TPSA) is 35.8 Å². The lowest BCUT2D eigenvalue weighted by molar-refractivity contribution is 0.290. The summed E-state index contributed by atoms with van der Waals surface area (Å²) in [6.45, 7) is 2.22. The summed E-state index contributed by atoms with van der Waals surface area (Å²) < 4.78 is 0. The summed E-state index contributed by atoms with van der Waals surface area (Å²) in [5.74, 6) is 1.40. The molecule has 1 aliphatic rings. The Morgan fingerprint density at radius 2 is 2.20 bits per heavy atom. The quantitative estimate of drug-likeness (QED) is 0.783. The summed E-state index contributed by atoms with van der Waals surface area (Å²) in [5.41, 5.74) is 0. The maximum Gasteiger partial charge on any atom is 0.0672 e. The van der Waals surface area contributed by atoms with Gasteiger partial charge in [0, 0.05) is 17.8 Å². The molecule has 0 aromatic heterocycles. The third-order valence-electron chi connectivity index (χ3n) is 3.24. The fourth-order valence-corrected chi connectivity index (χ4v) is 3.01. The van der Waals surface area contributed by atoms with Gasteiger partial charge in [-0.1, -0.05) is 19.8 Å². The van der Waals surface area contributed by atoms with Gasteiger partial charge in [0.1, 0.15) is 0 Å². The predicted molar refractivity (Wildman–Crippen MR) is 67.0 cm³/mol. The first-order valence-corrected chi connectivity index (χ1v) is 7.35. The van der Waals surface area contributed by atoms with Crippen LogP contribution in [0.5, 0.6) is 0 Å². The van der Waals surface area contributed by atoms with Crippen LogP contribution in [0.3, 0.4) is 0 Å². The van der Waals surface area contributed by atoms with Crippen molar-refractivity contribution >= 4 is 11.8 Å². The molecule has 0 saturated heterocycles. The van der Waals surface area contributed by atoms with Crippen LogP contribution in [0.1, 0.15) is 39.0 Å². The monoisotopic (exact) mass is 226 g/mol. The van der Waals surface area contributed by atoms with Crippen molar-refractivity contribution in [3.05, 3.63) is 0 Å². The summed E-state index contributed by atoms with van der Waals surface area (Å²) in [6.07, 6.45) is 8.09. The standard InChI is InChI=1S/C12H22N2S/c1-3-11(9-15-2)14-12-7-5-4-6-10(12)8-13/h10-12,14H,3-7,9H2,1-2H3. The van der Waals surface area contributed by atoms with E-state index in [0.29, 0.717) is 12.1 Å². The van der Waals surface area contributed by atoms with Crippen molar-refractivity contribution in [1.82, 2.24) is 5.32 Å². The largest absolute Gasteiger partial charge is 0.309 e. The number of nitrogens with one attached hydrogen (secondary N) is 1. The van der Waals surface area contributed by atoms with Gasteiger partial charge in [-0.3, -0.25) is 0 Å². The minimum Gasteiger partial charge on any atom is -0.309 e. The number of thioether (sulfide) groups is 1. The Balaban J connectivity index is 2.43. The lowest BCUT2D eigenvalue weighted by Crippen LogP contribution is -2.44. The second kappa shape index (κ2) is 7.14. The molecule has 3 unspecified atom stereocenters. The molecule has 1 fully saturated rings. The Labute approximate surface area is 97.8 Å². The highest BCUT2D eigenvalue weighted by molar-refractivity contribution is 7.98. The van der Waals surface area contributed by atoms with E-state index in [1.54, 1.807) is 0 Å². The smallest absolute Gasteiger partial charge is 0.0672 e. The zero-order valence-corrected chi connectivity index (χ0v) is 10.6. The summed E-state index contributed by atoms with van der Waals surface area (Å²) in [5, 5.41) is 12.7. The molecule has 1 aliphatic carbocycles. The van der Waals surface area contributed by atoms with Crippen molar-refractivity contribution in [2.75, 3.05) is 12.0 Å². The zero-order valence-electron chi connectivity index (χ0n) is 9.83. The molecule has 0 radical (unpaired) electrons. The van der Waals surface area contributed by atoms with Crippen molar-refractivity contribution in [2.45, 2.75) is 51.1 Å². The van der Waals surface area contributed by atoms with E-state index in [4.69, 9.17) is 5.26 Å². The van der Waals surface area contributed by atoms with Gasteiger partial charge in [-0.05, 0) is 25.5 Å². The maximum atomic E-state index is 9.08. The number of hydrogen-bond donors (Lipinski definition) is 1. The fourth-order valence-electron chi connectivity index (χ4n) is 2.27. The van der Waals surface area contributed by atoms with Crippen LogP contribution in [0.25, 0.3) is 0 Å². The lowest BCUT2D eigenvalue weighted by Gasteiger charge is -2.31. The van der Waals surface area contributed by atoms with Gasteiger partial charge in [0.2, 0.25) is 0 Å². The Bertz CT molecular complexity index is 212. The maximum absolute atomic E-state index is 9.08. The first-order valence-electron chi connectivity index (χ1n) is 5.96. The molecule has 15 heavy (non-hydrogen) atoms. The van der Waals surface area contributed by atoms with Crippen LogP contribution in [0.4, 0.5) is 0 Å². The van der Waals surface area contributed by atoms with Crippen LogP contribution in [-0.4, -0.2) is 24.1 Å². The number of nitriles is 1. The van der Waals surface area contributed by atoms with E-state index in [0.717, 1.165) is 18.6 Å². The second-order valence-electron chi connectivity index (χ2n) is 4.35. The van der Waals surface area contributed by atoms with Crippen molar-refractivity contribution in [1.29, 1.82) is 5.26 Å². The van der Waals surface area contributed by atoms with Gasteiger partial charge < -0.3 is 5.32 Å². The molecule has 1 saturated carbocycles. The lowest BCUT2D eigenvalue weighted by atomic mass is 9.85. The number of hydrogen-bond acceptors (Lipinski definition) is 3. The summed E-state index contributed by atoms with van der Waals surface area (Å²) in [4.78, 5) is 0. The fraction of sp³-hybridized carbons (Fsp3) is 0.917. The second-order valence-corrected chi connectivity index (χ2v) is 5.26. The highest BCUT2D eigenvalue weighted by Crippen LogP contribution is 2.24. The molecule has 3 atom stereocenters. The third-order valence-corrected chi connectivity index (χ3v) is 3.98. The number of rotatable bonds is 5. The van der Waals surface area contributed by atoms with Gasteiger partial charge in [0.25, 0.3) is 0 Å². The van der Waals surface area contributed by atoms with E-state index in [1.807, 2.05) is 11.8 Å². The minimum atomic E-state index is 0.245. The normalized spacial score (nSPS) is 28.3. The Morgan fingerprint density at radius 3 is 2.80 bits per heavy atom. The van der Waals surface area contributed by atoms with Crippen LogP contribution in [-0.2, 0) is 0 Å². The van der Waals surface area contributed by atoms with Crippen LogP contribution in [0.15, 0.2) is 0 Å². The van der Waals surface area contributed by atoms with E-state index in [2.05, 4.69) is 24.6 Å². The first kappa shape index (κ1) is 12.9. The molecule has 1 rings (SSSR count). The Kier molecular flexibility index (Phi) is 6.12. The molecule has 0 bridgehead atoms. The Hall–Kier alpha value is -0.200. The average Bonchev–Trinajstić information content (AvgIpc) is 2.29. The van der Waals surface area contributed by atoms with Gasteiger partial charge in [-0.25, -0.2) is 0 Å². The summed E-state index contributed by atoms with van der Waals surface area (Å²) in [7, 11) is 0. The molecule has 0 aromatic carbocycles. The molecule has 2 nitrogen and oxygen atoms in total. The zero-order chi connectivity index (χ0) is 11.1. The van der Waals surface area contributed by atoms with Gasteiger partial charge in [0.15, 0.2) is 0 Å². The Morgan fingerprint density at radius 1 is 1.47 bits per heavy atom. The molecule has 0 aliphatic heterocycles. The first-order chi connectivity index (χ1) is 7.31. The highest BCUT2D eigenvalue weighted by atomic mass is 32.2. The molecule has 0 amide bonds. The van der Waals surface area contributed by atoms with Crippen LogP contribution in [0.2, 0.25) is 0 Å². The average molecular weight is 226 g/mol. The van der Waals surface area contributed by atoms with Crippen molar-refractivity contribution in [2.24, 2.45) is 5.92 Å². The third kappa shape index (κ3) is 4.04. The summed E-state index contributed by atoms with van der Waals surface area (Å²) >= 11 is 1.89. The molecular weight excluding hydrogens is 204 g/mol. The van der Waals surface area contributed by atoms with Gasteiger partial charge in [-0.15, -0.1) is 0 Å². The highest BCUT2D eigenvalue weighted by Gasteiger charge is 2.26. The minimum absolute atomic E-state index is 0.245. The van der Waals surface area contributed by atoms with E-state index >= 15 is 0 Å². The van der Waals surface area contributed by atoms with E-state index < -0.39 is 0 Å². The van der Waals surface area contributed by atoms with Gasteiger partial charge in [0.05, 0.1) is 12.0 Å². The van der Waals surface area contributed by atoms with E-state index in [9.17, 15) is 0 Å². The van der Waals surface area contributed by atoms with Crippen molar-refractivity contribution in [3.8, 4) is 6.07 Å². The van der Waals surface area contributed by atoms with E-state index in [-0.39, 0.29) is 5.92 Å². The molecule has 0 spiro atoms. The molecule has 86 valence electrons.